The van der Waals surface area contributed by atoms with Crippen LogP contribution in [0, 0.1) is 11.6 Å². The van der Waals surface area contributed by atoms with E-state index in [9.17, 15) is 13.6 Å². The number of piperidine rings is 1. The molecule has 24 heavy (non-hydrogen) atoms. The van der Waals surface area contributed by atoms with Crippen LogP contribution in [0.1, 0.15) is 37.2 Å². The molecule has 0 saturated carbocycles. The van der Waals surface area contributed by atoms with E-state index in [0.717, 1.165) is 43.9 Å². The summed E-state index contributed by atoms with van der Waals surface area (Å²) < 4.78 is 32.2. The minimum absolute atomic E-state index is 0. The molecule has 134 valence electrons. The summed E-state index contributed by atoms with van der Waals surface area (Å²) in [5.74, 6) is -1.83. The first kappa shape index (κ1) is 19.1. The van der Waals surface area contributed by atoms with E-state index in [-0.39, 0.29) is 30.3 Å². The highest BCUT2D eigenvalue weighted by atomic mass is 35.5. The van der Waals surface area contributed by atoms with Crippen LogP contribution >= 0.6 is 12.4 Å². The van der Waals surface area contributed by atoms with Gasteiger partial charge in [-0.15, -0.1) is 12.4 Å². The van der Waals surface area contributed by atoms with E-state index in [1.807, 2.05) is 0 Å². The van der Waals surface area contributed by atoms with Gasteiger partial charge < -0.3 is 15.4 Å². The van der Waals surface area contributed by atoms with Crippen molar-refractivity contribution in [2.45, 2.75) is 43.7 Å². The minimum Gasteiger partial charge on any atom is -0.368 e. The molecule has 3 unspecified atom stereocenters. The van der Waals surface area contributed by atoms with Crippen molar-refractivity contribution in [3.8, 4) is 0 Å². The Morgan fingerprint density at radius 1 is 1.21 bits per heavy atom. The van der Waals surface area contributed by atoms with E-state index in [2.05, 4.69) is 10.6 Å². The molecule has 2 N–H and O–H groups in total. The monoisotopic (exact) mass is 360 g/mol. The first-order valence-corrected chi connectivity index (χ1v) is 8.23. The lowest BCUT2D eigenvalue weighted by Gasteiger charge is -2.34. The molecule has 2 heterocycles. The highest BCUT2D eigenvalue weighted by molar-refractivity contribution is 5.85. The zero-order valence-corrected chi connectivity index (χ0v) is 14.2. The molecule has 1 aromatic rings. The maximum absolute atomic E-state index is 13.5. The van der Waals surface area contributed by atoms with Crippen LogP contribution in [-0.2, 0) is 9.53 Å². The standard InChI is InChI=1S/C17H22F2N2O2.ClH/c18-13-5-4-11(9-14(13)19)12-6-7-20-10-15(12)21-17(22)16-3-1-2-8-23-16;/h4-5,9,12,15-16,20H,1-3,6-8,10H2,(H,21,22);1H. The highest BCUT2D eigenvalue weighted by Crippen LogP contribution is 2.27. The van der Waals surface area contributed by atoms with E-state index in [1.54, 1.807) is 6.07 Å². The normalized spacial score (nSPS) is 27.2. The number of halogens is 3. The van der Waals surface area contributed by atoms with Crippen LogP contribution in [-0.4, -0.2) is 37.7 Å². The first-order valence-electron chi connectivity index (χ1n) is 8.23. The van der Waals surface area contributed by atoms with Gasteiger partial charge in [0.05, 0.1) is 0 Å². The van der Waals surface area contributed by atoms with Gasteiger partial charge in [-0.3, -0.25) is 4.79 Å². The maximum atomic E-state index is 13.5. The molecule has 0 radical (unpaired) electrons. The fraction of sp³-hybridized carbons (Fsp3) is 0.588. The Kier molecular flexibility index (Phi) is 6.95. The Morgan fingerprint density at radius 3 is 2.75 bits per heavy atom. The molecule has 0 aliphatic carbocycles. The first-order chi connectivity index (χ1) is 11.1. The largest absolute Gasteiger partial charge is 0.368 e. The van der Waals surface area contributed by atoms with E-state index in [0.29, 0.717) is 13.2 Å². The van der Waals surface area contributed by atoms with Gasteiger partial charge in [-0.2, -0.15) is 0 Å². The number of ether oxygens (including phenoxy) is 1. The Morgan fingerprint density at radius 2 is 2.04 bits per heavy atom. The van der Waals surface area contributed by atoms with Crippen molar-refractivity contribution in [2.75, 3.05) is 19.7 Å². The summed E-state index contributed by atoms with van der Waals surface area (Å²) >= 11 is 0. The molecule has 2 aliphatic heterocycles. The minimum atomic E-state index is -0.848. The molecule has 3 rings (SSSR count). The Labute approximate surface area is 146 Å². The molecule has 1 aromatic carbocycles. The second-order valence-corrected chi connectivity index (χ2v) is 6.24. The lowest BCUT2D eigenvalue weighted by atomic mass is 9.85. The van der Waals surface area contributed by atoms with Gasteiger partial charge >= 0.3 is 0 Å². The summed E-state index contributed by atoms with van der Waals surface area (Å²) in [4.78, 5) is 12.4. The predicted octanol–water partition coefficient (Wildman–Crippen LogP) is 2.52. The highest BCUT2D eigenvalue weighted by Gasteiger charge is 2.31. The third kappa shape index (κ3) is 4.43. The topological polar surface area (TPSA) is 50.4 Å². The summed E-state index contributed by atoms with van der Waals surface area (Å²) in [6.45, 7) is 2.02. The van der Waals surface area contributed by atoms with Gasteiger partial charge in [0, 0.05) is 25.1 Å². The smallest absolute Gasteiger partial charge is 0.249 e. The molecule has 2 fully saturated rings. The molecule has 0 bridgehead atoms. The summed E-state index contributed by atoms with van der Waals surface area (Å²) in [6, 6.07) is 3.84. The fourth-order valence-corrected chi connectivity index (χ4v) is 3.38. The van der Waals surface area contributed by atoms with Crippen molar-refractivity contribution >= 4 is 18.3 Å². The van der Waals surface area contributed by atoms with Crippen LogP contribution in [0.5, 0.6) is 0 Å². The van der Waals surface area contributed by atoms with Gasteiger partial charge in [0.25, 0.3) is 0 Å². The Balaban J connectivity index is 0.00000208. The molecule has 1 amide bonds. The van der Waals surface area contributed by atoms with Gasteiger partial charge in [0.1, 0.15) is 6.10 Å². The third-order valence-corrected chi connectivity index (χ3v) is 4.65. The van der Waals surface area contributed by atoms with E-state index in [1.165, 1.54) is 6.07 Å². The van der Waals surface area contributed by atoms with Crippen LogP contribution in [0.3, 0.4) is 0 Å². The van der Waals surface area contributed by atoms with E-state index in [4.69, 9.17) is 4.74 Å². The summed E-state index contributed by atoms with van der Waals surface area (Å²) in [7, 11) is 0. The average molecular weight is 361 g/mol. The Bertz CT molecular complexity index is 568. The number of carbonyl (C=O) groups excluding carboxylic acids is 1. The molecule has 2 saturated heterocycles. The lowest BCUT2D eigenvalue weighted by molar-refractivity contribution is -0.136. The third-order valence-electron chi connectivity index (χ3n) is 4.65. The van der Waals surface area contributed by atoms with Gasteiger partial charge in [-0.25, -0.2) is 8.78 Å². The summed E-state index contributed by atoms with van der Waals surface area (Å²) in [5, 5.41) is 6.27. The van der Waals surface area contributed by atoms with Crippen LogP contribution in [0.4, 0.5) is 8.78 Å². The number of rotatable bonds is 3. The number of hydrogen-bond donors (Lipinski definition) is 2. The van der Waals surface area contributed by atoms with Crippen molar-refractivity contribution < 1.29 is 18.3 Å². The molecule has 7 heteroatoms. The van der Waals surface area contributed by atoms with Crippen molar-refractivity contribution in [1.29, 1.82) is 0 Å². The molecular weight excluding hydrogens is 338 g/mol. The number of nitrogens with one attached hydrogen (secondary N) is 2. The predicted molar refractivity (Wildman–Crippen MR) is 89.4 cm³/mol. The quantitative estimate of drug-likeness (QED) is 0.871. The van der Waals surface area contributed by atoms with Gasteiger partial charge in [-0.05, 0) is 49.9 Å². The van der Waals surface area contributed by atoms with Crippen molar-refractivity contribution in [2.24, 2.45) is 0 Å². The van der Waals surface area contributed by atoms with Gasteiger partial charge in [0.15, 0.2) is 11.6 Å². The van der Waals surface area contributed by atoms with Crippen LogP contribution in [0.25, 0.3) is 0 Å². The van der Waals surface area contributed by atoms with E-state index < -0.39 is 17.7 Å². The van der Waals surface area contributed by atoms with Crippen LogP contribution < -0.4 is 10.6 Å². The maximum Gasteiger partial charge on any atom is 0.249 e. The van der Waals surface area contributed by atoms with Gasteiger partial charge in [0.2, 0.25) is 5.91 Å². The second kappa shape index (κ2) is 8.74. The van der Waals surface area contributed by atoms with Crippen molar-refractivity contribution in [1.82, 2.24) is 10.6 Å². The van der Waals surface area contributed by atoms with Crippen molar-refractivity contribution in [3.05, 3.63) is 35.4 Å². The molecule has 2 aliphatic rings. The molecule has 0 spiro atoms. The van der Waals surface area contributed by atoms with E-state index >= 15 is 0 Å². The fourth-order valence-electron chi connectivity index (χ4n) is 3.38. The zero-order valence-electron chi connectivity index (χ0n) is 13.4. The molecule has 0 aromatic heterocycles. The number of amides is 1. The lowest BCUT2D eigenvalue weighted by Crippen LogP contribution is -2.53. The zero-order chi connectivity index (χ0) is 16.2. The van der Waals surface area contributed by atoms with Gasteiger partial charge in [-0.1, -0.05) is 6.07 Å². The number of carbonyl (C=O) groups is 1. The SMILES string of the molecule is Cl.O=C(NC1CNCCC1c1ccc(F)c(F)c1)C1CCCCO1. The van der Waals surface area contributed by atoms with Crippen LogP contribution in [0.15, 0.2) is 18.2 Å². The Hall–Kier alpha value is -1.24. The van der Waals surface area contributed by atoms with Crippen molar-refractivity contribution in [3.63, 3.8) is 0 Å². The summed E-state index contributed by atoms with van der Waals surface area (Å²) in [6.07, 6.45) is 3.10. The molecule has 4 nitrogen and oxygen atoms in total. The average Bonchev–Trinajstić information content (AvgIpc) is 2.59. The molecule has 3 atom stereocenters. The number of benzene rings is 1. The molecular formula is C17H23ClF2N2O2. The number of hydrogen-bond acceptors (Lipinski definition) is 3. The summed E-state index contributed by atoms with van der Waals surface area (Å²) in [5.41, 5.74) is 0.722. The van der Waals surface area contributed by atoms with Crippen LogP contribution in [0.2, 0.25) is 0 Å². The second-order valence-electron chi connectivity index (χ2n) is 6.24.